The second-order valence-electron chi connectivity index (χ2n) is 5.74. The van der Waals surface area contributed by atoms with Gasteiger partial charge in [-0.15, -0.1) is 5.10 Å². The van der Waals surface area contributed by atoms with Crippen LogP contribution in [0, 0.1) is 0 Å². The van der Waals surface area contributed by atoms with E-state index in [1.54, 1.807) is 25.1 Å². The maximum Gasteiger partial charge on any atom is 0.265 e. The number of hydrogen-bond acceptors (Lipinski definition) is 5. The fourth-order valence-corrected chi connectivity index (χ4v) is 2.66. The average Bonchev–Trinajstić information content (AvgIpc) is 2.99. The topological polar surface area (TPSA) is 98.1 Å². The van der Waals surface area contributed by atoms with Crippen LogP contribution in [0.5, 0.6) is 5.75 Å². The van der Waals surface area contributed by atoms with Crippen molar-refractivity contribution in [1.82, 2.24) is 15.0 Å². The van der Waals surface area contributed by atoms with Crippen molar-refractivity contribution >= 4 is 34.2 Å². The van der Waals surface area contributed by atoms with E-state index in [-0.39, 0.29) is 18.4 Å². The predicted octanol–water partition coefficient (Wildman–Crippen LogP) is 1.79. The molecule has 1 aliphatic rings. The molecule has 0 fully saturated rings. The van der Waals surface area contributed by atoms with Gasteiger partial charge in [0.05, 0.1) is 11.2 Å². The molecule has 0 saturated heterocycles. The van der Waals surface area contributed by atoms with Crippen LogP contribution >= 0.6 is 0 Å². The molecule has 25 heavy (non-hydrogen) atoms. The number of anilines is 2. The van der Waals surface area contributed by atoms with Crippen molar-refractivity contribution in [3.05, 3.63) is 42.5 Å². The first-order valence-electron chi connectivity index (χ1n) is 7.80. The first-order chi connectivity index (χ1) is 12.1. The van der Waals surface area contributed by atoms with Crippen LogP contribution in [0.2, 0.25) is 0 Å². The van der Waals surface area contributed by atoms with Gasteiger partial charge in [0.1, 0.15) is 17.8 Å². The Labute approximate surface area is 142 Å². The Balaban J connectivity index is 1.50. The van der Waals surface area contributed by atoms with Gasteiger partial charge in [-0.05, 0) is 37.3 Å². The molecule has 2 N–H and O–H groups in total. The summed E-state index contributed by atoms with van der Waals surface area (Å²) in [6.45, 7) is 1.72. The molecule has 0 bridgehead atoms. The van der Waals surface area contributed by atoms with Gasteiger partial charge >= 0.3 is 0 Å². The van der Waals surface area contributed by atoms with E-state index in [0.29, 0.717) is 17.1 Å². The first-order valence-corrected chi connectivity index (χ1v) is 7.80. The van der Waals surface area contributed by atoms with Gasteiger partial charge in [0.25, 0.3) is 5.91 Å². The summed E-state index contributed by atoms with van der Waals surface area (Å²) in [7, 11) is 0. The van der Waals surface area contributed by atoms with Crippen molar-refractivity contribution < 1.29 is 14.3 Å². The minimum atomic E-state index is -0.534. The summed E-state index contributed by atoms with van der Waals surface area (Å²) in [4.78, 5) is 24.0. The number of benzene rings is 2. The summed E-state index contributed by atoms with van der Waals surface area (Å²) < 4.78 is 7.03. The van der Waals surface area contributed by atoms with Gasteiger partial charge in [-0.3, -0.25) is 9.59 Å². The van der Waals surface area contributed by atoms with Crippen molar-refractivity contribution in [1.29, 1.82) is 0 Å². The highest BCUT2D eigenvalue weighted by Crippen LogP contribution is 2.32. The van der Waals surface area contributed by atoms with Crippen molar-refractivity contribution in [3.8, 4) is 5.75 Å². The molecule has 8 heteroatoms. The van der Waals surface area contributed by atoms with Crippen LogP contribution in [-0.4, -0.2) is 32.9 Å². The van der Waals surface area contributed by atoms with Gasteiger partial charge in [-0.2, -0.15) is 0 Å². The second-order valence-corrected chi connectivity index (χ2v) is 5.74. The van der Waals surface area contributed by atoms with E-state index >= 15 is 0 Å². The van der Waals surface area contributed by atoms with Crippen molar-refractivity contribution in [2.75, 3.05) is 10.6 Å². The fraction of sp³-hybridized carbons (Fsp3) is 0.176. The zero-order valence-electron chi connectivity index (χ0n) is 13.4. The largest absolute Gasteiger partial charge is 0.479 e. The Morgan fingerprint density at radius 1 is 1.32 bits per heavy atom. The molecular weight excluding hydrogens is 322 g/mol. The standard InChI is InChI=1S/C17H15N5O3/c1-10-17(24)19-13-8-11(6-7-15(13)25-10)18-16(23)9-22-14-5-3-2-4-12(14)20-21-22/h2-8,10H,9H2,1H3,(H,18,23)(H,19,24)/t10-/m1/s1. The molecule has 1 aromatic heterocycles. The lowest BCUT2D eigenvalue weighted by atomic mass is 10.2. The fourth-order valence-electron chi connectivity index (χ4n) is 2.66. The van der Waals surface area contributed by atoms with Gasteiger partial charge in [0.2, 0.25) is 5.91 Å². The number of rotatable bonds is 3. The van der Waals surface area contributed by atoms with Crippen LogP contribution in [0.3, 0.4) is 0 Å². The molecule has 4 rings (SSSR count). The number of ether oxygens (including phenoxy) is 1. The molecular formula is C17H15N5O3. The number of carbonyl (C=O) groups excluding carboxylic acids is 2. The summed E-state index contributed by atoms with van der Waals surface area (Å²) in [6, 6.07) is 12.5. The van der Waals surface area contributed by atoms with Gasteiger partial charge in [-0.1, -0.05) is 17.3 Å². The molecule has 0 aliphatic carbocycles. The van der Waals surface area contributed by atoms with Gasteiger partial charge in [0.15, 0.2) is 6.10 Å². The van der Waals surface area contributed by atoms with Crippen LogP contribution in [0.25, 0.3) is 11.0 Å². The number of nitrogens with zero attached hydrogens (tertiary/aromatic N) is 3. The Hall–Kier alpha value is -3.42. The van der Waals surface area contributed by atoms with E-state index in [4.69, 9.17) is 4.74 Å². The first kappa shape index (κ1) is 15.1. The number of carbonyl (C=O) groups is 2. The summed E-state index contributed by atoms with van der Waals surface area (Å²) >= 11 is 0. The van der Waals surface area contributed by atoms with E-state index in [1.165, 1.54) is 4.68 Å². The molecule has 2 heterocycles. The summed E-state index contributed by atoms with van der Waals surface area (Å²) in [5.74, 6) is 0.115. The molecule has 1 atom stereocenters. The minimum absolute atomic E-state index is 0.0392. The normalized spacial score (nSPS) is 16.0. The quantitative estimate of drug-likeness (QED) is 0.759. The molecule has 8 nitrogen and oxygen atoms in total. The minimum Gasteiger partial charge on any atom is -0.479 e. The Morgan fingerprint density at radius 2 is 2.16 bits per heavy atom. The lowest BCUT2D eigenvalue weighted by Crippen LogP contribution is -2.34. The molecule has 3 aromatic rings. The number of aromatic nitrogens is 3. The highest BCUT2D eigenvalue weighted by Gasteiger charge is 2.23. The van der Waals surface area contributed by atoms with Crippen LogP contribution in [0.1, 0.15) is 6.92 Å². The number of hydrogen-bond donors (Lipinski definition) is 2. The predicted molar refractivity (Wildman–Crippen MR) is 91.3 cm³/mol. The van der Waals surface area contributed by atoms with E-state index in [2.05, 4.69) is 20.9 Å². The summed E-state index contributed by atoms with van der Waals surface area (Å²) in [6.07, 6.45) is -0.534. The van der Waals surface area contributed by atoms with Crippen LogP contribution in [0.4, 0.5) is 11.4 Å². The maximum absolute atomic E-state index is 12.3. The van der Waals surface area contributed by atoms with E-state index in [0.717, 1.165) is 11.0 Å². The highest BCUT2D eigenvalue weighted by molar-refractivity contribution is 5.99. The Kier molecular flexibility index (Phi) is 3.57. The summed E-state index contributed by atoms with van der Waals surface area (Å²) in [5.41, 5.74) is 2.62. The van der Waals surface area contributed by atoms with Crippen LogP contribution < -0.4 is 15.4 Å². The van der Waals surface area contributed by atoms with Gasteiger partial charge < -0.3 is 15.4 Å². The highest BCUT2D eigenvalue weighted by atomic mass is 16.5. The molecule has 2 aromatic carbocycles. The number of nitrogens with one attached hydrogen (secondary N) is 2. The van der Waals surface area contributed by atoms with E-state index < -0.39 is 6.10 Å². The van der Waals surface area contributed by atoms with Crippen molar-refractivity contribution in [3.63, 3.8) is 0 Å². The number of fused-ring (bicyclic) bond motifs is 2. The zero-order chi connectivity index (χ0) is 17.4. The van der Waals surface area contributed by atoms with Crippen molar-refractivity contribution in [2.45, 2.75) is 19.6 Å². The van der Waals surface area contributed by atoms with Gasteiger partial charge in [-0.25, -0.2) is 4.68 Å². The molecule has 0 radical (unpaired) electrons. The third-order valence-corrected chi connectivity index (χ3v) is 3.91. The number of amides is 2. The molecule has 2 amide bonds. The zero-order valence-corrected chi connectivity index (χ0v) is 13.4. The Morgan fingerprint density at radius 3 is 3.04 bits per heavy atom. The third kappa shape index (κ3) is 2.89. The third-order valence-electron chi connectivity index (χ3n) is 3.91. The maximum atomic E-state index is 12.3. The lowest BCUT2D eigenvalue weighted by Gasteiger charge is -2.23. The molecule has 1 aliphatic heterocycles. The summed E-state index contributed by atoms with van der Waals surface area (Å²) in [5, 5.41) is 13.6. The van der Waals surface area contributed by atoms with Crippen LogP contribution in [-0.2, 0) is 16.1 Å². The SMILES string of the molecule is C[C@H]1Oc2ccc(NC(=O)Cn3nnc4ccccc43)cc2NC1=O. The van der Waals surface area contributed by atoms with E-state index in [1.807, 2.05) is 24.3 Å². The average molecular weight is 337 g/mol. The Bertz CT molecular complexity index is 981. The smallest absolute Gasteiger partial charge is 0.265 e. The van der Waals surface area contributed by atoms with Crippen molar-refractivity contribution in [2.24, 2.45) is 0 Å². The second kappa shape index (κ2) is 5.90. The lowest BCUT2D eigenvalue weighted by molar-refractivity contribution is -0.122. The van der Waals surface area contributed by atoms with Gasteiger partial charge in [0, 0.05) is 5.69 Å². The monoisotopic (exact) mass is 337 g/mol. The molecule has 0 unspecified atom stereocenters. The number of para-hydroxylation sites is 1. The van der Waals surface area contributed by atoms with E-state index in [9.17, 15) is 9.59 Å². The molecule has 126 valence electrons. The molecule has 0 spiro atoms. The van der Waals surface area contributed by atoms with Crippen LogP contribution in [0.15, 0.2) is 42.5 Å². The molecule has 0 saturated carbocycles.